The monoisotopic (exact) mass is 366 g/mol. The van der Waals surface area contributed by atoms with E-state index in [1.807, 2.05) is 28.8 Å². The third kappa shape index (κ3) is 4.22. The first-order chi connectivity index (χ1) is 11.1. The summed E-state index contributed by atoms with van der Waals surface area (Å²) in [6.45, 7) is 5.11. The first-order valence-corrected chi connectivity index (χ1v) is 10.4. The van der Waals surface area contributed by atoms with Crippen LogP contribution in [-0.2, 0) is 4.79 Å². The van der Waals surface area contributed by atoms with Gasteiger partial charge in [0.15, 0.2) is 0 Å². The number of thioether (sulfide) groups is 2. The molecule has 0 aromatic heterocycles. The zero-order chi connectivity index (χ0) is 16.2. The molecule has 0 bridgehead atoms. The fourth-order valence-electron chi connectivity index (χ4n) is 2.94. The number of carbonyl (C=O) groups is 1. The lowest BCUT2D eigenvalue weighted by Crippen LogP contribution is -2.34. The van der Waals surface area contributed by atoms with E-state index < -0.39 is 0 Å². The summed E-state index contributed by atoms with van der Waals surface area (Å²) in [6.07, 6.45) is 3.44. The fraction of sp³-hybridized carbons (Fsp3) is 0.529. The summed E-state index contributed by atoms with van der Waals surface area (Å²) in [5.74, 6) is 0.599. The van der Waals surface area contributed by atoms with Gasteiger partial charge < -0.3 is 9.80 Å². The largest absolute Gasteiger partial charge is 0.358 e. The van der Waals surface area contributed by atoms with Crippen molar-refractivity contribution in [3.8, 4) is 0 Å². The van der Waals surface area contributed by atoms with E-state index >= 15 is 0 Å². The molecule has 0 N–H and O–H groups in total. The number of anilines is 1. The van der Waals surface area contributed by atoms with E-state index in [1.54, 1.807) is 0 Å². The molecule has 1 aromatic rings. The first kappa shape index (κ1) is 17.1. The maximum atomic E-state index is 12.8. The number of nitrogens with zero attached hydrogens (tertiary/aromatic N) is 2. The molecule has 2 heterocycles. The van der Waals surface area contributed by atoms with Crippen LogP contribution in [0.25, 0.3) is 0 Å². The van der Waals surface area contributed by atoms with Gasteiger partial charge in [-0.3, -0.25) is 4.79 Å². The van der Waals surface area contributed by atoms with Crippen LogP contribution in [-0.4, -0.2) is 45.8 Å². The Morgan fingerprint density at radius 1 is 1.30 bits per heavy atom. The second-order valence-electron chi connectivity index (χ2n) is 5.98. The molecule has 1 amide bonds. The zero-order valence-corrected chi connectivity index (χ0v) is 15.8. The highest BCUT2D eigenvalue weighted by atomic mass is 32.2. The quantitative estimate of drug-likeness (QED) is 0.736. The van der Waals surface area contributed by atoms with Crippen molar-refractivity contribution in [2.24, 2.45) is 0 Å². The second kappa shape index (κ2) is 7.90. The Bertz CT molecular complexity index is 587. The maximum absolute atomic E-state index is 12.8. The molecule has 1 aromatic carbocycles. The number of hydrogen-bond acceptors (Lipinski definition) is 4. The predicted octanol–water partition coefficient (Wildman–Crippen LogP) is 4.02. The Morgan fingerprint density at radius 3 is 2.83 bits per heavy atom. The Morgan fingerprint density at radius 2 is 2.04 bits per heavy atom. The van der Waals surface area contributed by atoms with Crippen LogP contribution in [0, 0.1) is 0 Å². The van der Waals surface area contributed by atoms with Gasteiger partial charge in [-0.05, 0) is 31.4 Å². The summed E-state index contributed by atoms with van der Waals surface area (Å²) in [6, 6.07) is 8.23. The molecule has 1 fully saturated rings. The van der Waals surface area contributed by atoms with Gasteiger partial charge >= 0.3 is 0 Å². The minimum absolute atomic E-state index is 0.165. The van der Waals surface area contributed by atoms with Gasteiger partial charge in [0.1, 0.15) is 4.32 Å². The van der Waals surface area contributed by atoms with Crippen LogP contribution in [0.15, 0.2) is 29.2 Å². The van der Waals surface area contributed by atoms with Crippen LogP contribution in [0.1, 0.15) is 26.2 Å². The number of fused-ring (bicyclic) bond motifs is 1. The molecule has 1 saturated heterocycles. The van der Waals surface area contributed by atoms with E-state index in [0.717, 1.165) is 36.1 Å². The van der Waals surface area contributed by atoms with Crippen LogP contribution < -0.4 is 4.90 Å². The molecule has 1 unspecified atom stereocenters. The molecule has 3 nitrogen and oxygen atoms in total. The van der Waals surface area contributed by atoms with E-state index in [0.29, 0.717) is 11.0 Å². The normalized spacial score (nSPS) is 21.0. The molecule has 1 atom stereocenters. The predicted molar refractivity (Wildman–Crippen MR) is 105 cm³/mol. The second-order valence-corrected chi connectivity index (χ2v) is 9.07. The minimum Gasteiger partial charge on any atom is -0.358 e. The van der Waals surface area contributed by atoms with Crippen molar-refractivity contribution in [3.05, 3.63) is 24.3 Å². The van der Waals surface area contributed by atoms with E-state index in [9.17, 15) is 4.79 Å². The molecule has 2 aliphatic heterocycles. The van der Waals surface area contributed by atoms with Crippen molar-refractivity contribution in [3.63, 3.8) is 0 Å². The molecule has 2 aliphatic rings. The van der Waals surface area contributed by atoms with Gasteiger partial charge in [0, 0.05) is 29.8 Å². The third-order valence-corrected chi connectivity index (χ3v) is 6.97. The van der Waals surface area contributed by atoms with Crippen molar-refractivity contribution >= 4 is 51.7 Å². The van der Waals surface area contributed by atoms with Crippen LogP contribution >= 0.6 is 35.7 Å². The van der Waals surface area contributed by atoms with E-state index in [4.69, 9.17) is 12.2 Å². The lowest BCUT2D eigenvalue weighted by molar-refractivity contribution is -0.116. The van der Waals surface area contributed by atoms with Crippen LogP contribution in [0.5, 0.6) is 0 Å². The van der Waals surface area contributed by atoms with Gasteiger partial charge in [-0.25, -0.2) is 0 Å². The Kier molecular flexibility index (Phi) is 5.88. The molecule has 6 heteroatoms. The average Bonchev–Trinajstić information content (AvgIpc) is 3.03. The number of thiocarbonyl (C=S) groups is 1. The Hall–Kier alpha value is -0.720. The van der Waals surface area contributed by atoms with Crippen molar-refractivity contribution in [2.45, 2.75) is 36.3 Å². The lowest BCUT2D eigenvalue weighted by Gasteiger charge is -2.23. The number of amides is 1. The summed E-state index contributed by atoms with van der Waals surface area (Å²) in [5, 5.41) is 0.535. The minimum atomic E-state index is 0.165. The van der Waals surface area contributed by atoms with Gasteiger partial charge in [-0.2, -0.15) is 0 Å². The molecule has 23 heavy (non-hydrogen) atoms. The lowest BCUT2D eigenvalue weighted by atomic mass is 10.2. The highest BCUT2D eigenvalue weighted by Gasteiger charge is 2.25. The fourth-order valence-corrected chi connectivity index (χ4v) is 5.18. The van der Waals surface area contributed by atoms with Crippen molar-refractivity contribution in [1.82, 2.24) is 4.90 Å². The number of likely N-dealkylation sites (tertiary alicyclic amines) is 1. The third-order valence-electron chi connectivity index (χ3n) is 4.23. The Labute approximate surface area is 152 Å². The SMILES string of the molecule is CC1CCN(C(=O)CSC(=S)N2CCCC2)c2ccccc2S1. The van der Waals surface area contributed by atoms with Gasteiger partial charge in [0.05, 0.1) is 11.4 Å². The Balaban J connectivity index is 1.65. The van der Waals surface area contributed by atoms with E-state index in [-0.39, 0.29) is 5.91 Å². The van der Waals surface area contributed by atoms with Gasteiger partial charge in [0.25, 0.3) is 0 Å². The van der Waals surface area contributed by atoms with E-state index in [1.165, 1.54) is 29.5 Å². The summed E-state index contributed by atoms with van der Waals surface area (Å²) in [4.78, 5) is 18.1. The number of carbonyl (C=O) groups excluding carboxylic acids is 1. The topological polar surface area (TPSA) is 23.6 Å². The standard InChI is InChI=1S/C17H22N2OS3/c1-13-8-11-19(14-6-2-3-7-15(14)23-13)16(20)12-22-17(21)18-9-4-5-10-18/h2-3,6-7,13H,4-5,8-12H2,1H3. The number of rotatable bonds is 2. The van der Waals surface area contributed by atoms with Gasteiger partial charge in [-0.1, -0.05) is 43.0 Å². The highest BCUT2D eigenvalue weighted by molar-refractivity contribution is 8.23. The maximum Gasteiger partial charge on any atom is 0.237 e. The van der Waals surface area contributed by atoms with Gasteiger partial charge in [0.2, 0.25) is 5.91 Å². The van der Waals surface area contributed by atoms with Crippen LogP contribution in [0.3, 0.4) is 0 Å². The number of para-hydroxylation sites is 1. The van der Waals surface area contributed by atoms with Crippen molar-refractivity contribution in [1.29, 1.82) is 0 Å². The molecule has 0 spiro atoms. The summed E-state index contributed by atoms with van der Waals surface area (Å²) < 4.78 is 0.877. The summed E-state index contributed by atoms with van der Waals surface area (Å²) in [7, 11) is 0. The smallest absolute Gasteiger partial charge is 0.237 e. The highest BCUT2D eigenvalue weighted by Crippen LogP contribution is 2.37. The van der Waals surface area contributed by atoms with Crippen LogP contribution in [0.4, 0.5) is 5.69 Å². The molecule has 124 valence electrons. The summed E-state index contributed by atoms with van der Waals surface area (Å²) in [5.41, 5.74) is 1.06. The molecule has 0 aliphatic carbocycles. The van der Waals surface area contributed by atoms with Crippen LogP contribution in [0.2, 0.25) is 0 Å². The molecule has 3 rings (SSSR count). The van der Waals surface area contributed by atoms with Crippen molar-refractivity contribution < 1.29 is 4.79 Å². The number of benzene rings is 1. The molecular formula is C17H22N2OS3. The average molecular weight is 367 g/mol. The zero-order valence-electron chi connectivity index (χ0n) is 13.4. The first-order valence-electron chi connectivity index (χ1n) is 8.13. The van der Waals surface area contributed by atoms with Gasteiger partial charge in [-0.15, -0.1) is 11.8 Å². The van der Waals surface area contributed by atoms with Crippen molar-refractivity contribution in [2.75, 3.05) is 30.3 Å². The summed E-state index contributed by atoms with van der Waals surface area (Å²) >= 11 is 8.85. The molecule has 0 saturated carbocycles. The number of hydrogen-bond donors (Lipinski definition) is 0. The van der Waals surface area contributed by atoms with E-state index in [2.05, 4.69) is 24.0 Å². The molecule has 0 radical (unpaired) electrons. The molecular weight excluding hydrogens is 344 g/mol.